The topological polar surface area (TPSA) is 129 Å². The molecule has 8 heteroatoms. The normalized spacial score (nSPS) is 9.06. The van der Waals surface area contributed by atoms with Crippen molar-refractivity contribution < 1.29 is 32.8 Å². The Morgan fingerprint density at radius 3 is 1.29 bits per heavy atom. The van der Waals surface area contributed by atoms with E-state index in [4.69, 9.17) is 14.8 Å². The van der Waals surface area contributed by atoms with Crippen LogP contribution in [0.15, 0.2) is 36.8 Å². The second kappa shape index (κ2) is 12.1. The molecule has 0 aromatic heterocycles. The lowest BCUT2D eigenvalue weighted by molar-refractivity contribution is -0.134. The molecule has 0 saturated heterocycles. The number of carboxylic acid groups (broad SMARTS) is 2. The Balaban J connectivity index is -0.000000193. The van der Waals surface area contributed by atoms with E-state index in [1.165, 1.54) is 0 Å². The summed E-state index contributed by atoms with van der Waals surface area (Å²) in [5, 5.41) is 16.1. The van der Waals surface area contributed by atoms with Crippen LogP contribution in [0.3, 0.4) is 0 Å². The van der Waals surface area contributed by atoms with E-state index in [2.05, 4.69) is 13.2 Å². The first kappa shape index (κ1) is 20.5. The Morgan fingerprint density at radius 1 is 1.06 bits per heavy atom. The minimum absolute atomic E-state index is 0.465. The lowest BCUT2D eigenvalue weighted by atomic mass is 10.5. The van der Waals surface area contributed by atoms with E-state index < -0.39 is 22.1 Å². The van der Waals surface area contributed by atoms with Gasteiger partial charge in [-0.15, -0.1) is 6.58 Å². The fraction of sp³-hybridized carbons (Fsp3) is 0.111. The highest BCUT2D eigenvalue weighted by atomic mass is 32.2. The van der Waals surface area contributed by atoms with Crippen molar-refractivity contribution in [2.45, 2.75) is 6.92 Å². The van der Waals surface area contributed by atoms with Crippen LogP contribution in [0.1, 0.15) is 6.92 Å². The highest BCUT2D eigenvalue weighted by molar-refractivity contribution is 7.88. The van der Waals surface area contributed by atoms with Crippen molar-refractivity contribution >= 4 is 22.1 Å². The van der Waals surface area contributed by atoms with Crippen LogP contribution in [0, 0.1) is 0 Å². The van der Waals surface area contributed by atoms with Crippen LogP contribution in [0.5, 0.6) is 0 Å². The molecule has 0 aromatic rings. The maximum absolute atomic E-state index is 9.55. The molecular weight excluding hydrogens is 252 g/mol. The van der Waals surface area contributed by atoms with Gasteiger partial charge in [0.1, 0.15) is 0 Å². The van der Waals surface area contributed by atoms with Gasteiger partial charge in [0, 0.05) is 12.2 Å². The summed E-state index contributed by atoms with van der Waals surface area (Å²) in [4.78, 5) is 19.1. The zero-order chi connectivity index (χ0) is 14.5. The molecule has 0 radical (unpaired) electrons. The maximum atomic E-state index is 9.55. The molecular formula is C9H14O7S. The van der Waals surface area contributed by atoms with Crippen LogP contribution in [0.25, 0.3) is 0 Å². The Kier molecular flexibility index (Phi) is 14.6. The predicted octanol–water partition coefficient (Wildman–Crippen LogP) is 0.922. The van der Waals surface area contributed by atoms with E-state index in [1.54, 1.807) is 6.08 Å². The van der Waals surface area contributed by atoms with Crippen LogP contribution >= 0.6 is 0 Å². The van der Waals surface area contributed by atoms with Gasteiger partial charge >= 0.3 is 11.9 Å². The highest BCUT2D eigenvalue weighted by Crippen LogP contribution is 1.75. The minimum Gasteiger partial charge on any atom is -0.478 e. The molecule has 0 aromatic carbocycles. The maximum Gasteiger partial charge on any atom is 0.328 e. The van der Waals surface area contributed by atoms with Crippen molar-refractivity contribution in [1.82, 2.24) is 0 Å². The number of hydrogen-bond acceptors (Lipinski definition) is 4. The van der Waals surface area contributed by atoms with Crippen LogP contribution in [-0.4, -0.2) is 35.1 Å². The molecule has 0 unspecified atom stereocenters. The summed E-state index contributed by atoms with van der Waals surface area (Å²) >= 11 is 0. The summed E-state index contributed by atoms with van der Waals surface area (Å²) in [5.41, 5.74) is 0. The van der Waals surface area contributed by atoms with Gasteiger partial charge in [-0.1, -0.05) is 12.7 Å². The van der Waals surface area contributed by atoms with E-state index in [1.807, 2.05) is 6.92 Å². The van der Waals surface area contributed by atoms with E-state index in [0.717, 1.165) is 0 Å². The zero-order valence-electron chi connectivity index (χ0n) is 9.11. The highest BCUT2D eigenvalue weighted by Gasteiger charge is 1.88. The molecule has 0 aliphatic heterocycles. The monoisotopic (exact) mass is 266 g/mol. The Labute approximate surface area is 99.1 Å². The summed E-state index contributed by atoms with van der Waals surface area (Å²) in [6.45, 7) is 8.04. The van der Waals surface area contributed by atoms with Gasteiger partial charge in [-0.25, -0.2) is 9.59 Å². The number of hydrogen-bond donors (Lipinski definition) is 3. The standard InChI is InChI=1S/C4H4O4.C3H6.C2H4O3S/c5-3(6)1-2-4(7)8;1-3-2;1-2-6(3,4)5/h1-2H,(H,5,6)(H,7,8);3H,1H2,2H3;2H,1H2,(H,3,4,5)/b2-1-;;. The first-order valence-corrected chi connectivity index (χ1v) is 5.41. The third-order valence-electron chi connectivity index (χ3n) is 0.579. The molecule has 0 bridgehead atoms. The SMILES string of the molecule is C=CC.C=CS(=O)(=O)O.O=C(O)/C=C\C(=O)O. The van der Waals surface area contributed by atoms with Crippen molar-refractivity contribution in [3.63, 3.8) is 0 Å². The molecule has 0 spiro atoms. The van der Waals surface area contributed by atoms with E-state index in [-0.39, 0.29) is 0 Å². The van der Waals surface area contributed by atoms with E-state index >= 15 is 0 Å². The first-order valence-electron chi connectivity index (χ1n) is 3.91. The molecule has 98 valence electrons. The van der Waals surface area contributed by atoms with Crippen LogP contribution in [0.4, 0.5) is 0 Å². The van der Waals surface area contributed by atoms with Crippen molar-refractivity contribution in [3.05, 3.63) is 36.8 Å². The van der Waals surface area contributed by atoms with Crippen molar-refractivity contribution in [1.29, 1.82) is 0 Å². The third kappa shape index (κ3) is 55.6. The van der Waals surface area contributed by atoms with Crippen molar-refractivity contribution in [2.24, 2.45) is 0 Å². The van der Waals surface area contributed by atoms with Crippen molar-refractivity contribution in [3.8, 4) is 0 Å². The summed E-state index contributed by atoms with van der Waals surface area (Å²) in [6, 6.07) is 0. The molecule has 0 saturated carbocycles. The quantitative estimate of drug-likeness (QED) is 0.393. The molecule has 0 aliphatic rings. The van der Waals surface area contributed by atoms with Gasteiger partial charge in [0.05, 0.1) is 5.41 Å². The Morgan fingerprint density at radius 2 is 1.24 bits per heavy atom. The summed E-state index contributed by atoms with van der Waals surface area (Å²) in [7, 11) is -3.90. The van der Waals surface area contributed by atoms with Crippen LogP contribution in [0.2, 0.25) is 0 Å². The van der Waals surface area contributed by atoms with E-state index in [9.17, 15) is 18.0 Å². The third-order valence-corrected chi connectivity index (χ3v) is 1.00. The van der Waals surface area contributed by atoms with Gasteiger partial charge in [-0.2, -0.15) is 8.42 Å². The molecule has 0 heterocycles. The molecule has 7 nitrogen and oxygen atoms in total. The Hall–Kier alpha value is -1.93. The van der Waals surface area contributed by atoms with Gasteiger partial charge in [0.15, 0.2) is 0 Å². The zero-order valence-corrected chi connectivity index (χ0v) is 9.92. The lowest BCUT2D eigenvalue weighted by Crippen LogP contribution is -1.91. The molecule has 0 amide bonds. The number of rotatable bonds is 3. The average molecular weight is 266 g/mol. The van der Waals surface area contributed by atoms with Crippen LogP contribution < -0.4 is 0 Å². The number of carboxylic acids is 2. The molecule has 0 atom stereocenters. The van der Waals surface area contributed by atoms with Gasteiger partial charge in [-0.3, -0.25) is 4.55 Å². The largest absolute Gasteiger partial charge is 0.478 e. The van der Waals surface area contributed by atoms with Crippen LogP contribution in [-0.2, 0) is 19.7 Å². The molecule has 0 aliphatic carbocycles. The number of allylic oxidation sites excluding steroid dienone is 1. The summed E-state index contributed by atoms with van der Waals surface area (Å²) in [5.74, 6) is -2.51. The second-order valence-corrected chi connectivity index (χ2v) is 3.46. The number of aliphatic carboxylic acids is 2. The number of carbonyl (C=O) groups is 2. The van der Waals surface area contributed by atoms with Gasteiger partial charge in [0.2, 0.25) is 0 Å². The van der Waals surface area contributed by atoms with Gasteiger partial charge in [0.25, 0.3) is 10.1 Å². The van der Waals surface area contributed by atoms with Gasteiger partial charge < -0.3 is 10.2 Å². The molecule has 0 fully saturated rings. The second-order valence-electron chi connectivity index (χ2n) is 2.10. The average Bonchev–Trinajstić information content (AvgIpc) is 2.16. The smallest absolute Gasteiger partial charge is 0.328 e. The minimum atomic E-state index is -3.90. The predicted molar refractivity (Wildman–Crippen MR) is 62.0 cm³/mol. The molecule has 3 N–H and O–H groups in total. The lowest BCUT2D eigenvalue weighted by Gasteiger charge is -1.74. The molecule has 17 heavy (non-hydrogen) atoms. The van der Waals surface area contributed by atoms with E-state index in [0.29, 0.717) is 17.6 Å². The summed E-state index contributed by atoms with van der Waals surface area (Å²) < 4.78 is 26.6. The fourth-order valence-corrected chi connectivity index (χ4v) is 0.143. The Bertz CT molecular complexity index is 351. The summed E-state index contributed by atoms with van der Waals surface area (Å²) in [6.07, 6.45) is 2.87. The van der Waals surface area contributed by atoms with Gasteiger partial charge in [-0.05, 0) is 6.92 Å². The van der Waals surface area contributed by atoms with Crippen molar-refractivity contribution in [2.75, 3.05) is 0 Å². The fourth-order valence-electron chi connectivity index (χ4n) is 0.143. The first-order chi connectivity index (χ1) is 7.60. The molecule has 0 rings (SSSR count).